The van der Waals surface area contributed by atoms with E-state index < -0.39 is 11.4 Å². The maximum Gasteiger partial charge on any atom is 0.314 e. The van der Waals surface area contributed by atoms with Crippen molar-refractivity contribution in [1.82, 2.24) is 0 Å². The predicted molar refractivity (Wildman–Crippen MR) is 50.1 cm³/mol. The molecule has 0 spiro atoms. The molecule has 0 saturated heterocycles. The molecule has 0 heterocycles. The first-order valence-electron chi connectivity index (χ1n) is 4.07. The van der Waals surface area contributed by atoms with Gasteiger partial charge in [0.05, 0.1) is 5.41 Å². The summed E-state index contributed by atoms with van der Waals surface area (Å²) in [6.07, 6.45) is 0.582. The maximum atomic E-state index is 11.0. The first-order valence-corrected chi connectivity index (χ1v) is 4.45. The molecule has 13 heavy (non-hydrogen) atoms. The van der Waals surface area contributed by atoms with Crippen LogP contribution in [0.5, 0.6) is 0 Å². The van der Waals surface area contributed by atoms with Gasteiger partial charge in [0.1, 0.15) is 0 Å². The number of hydrogen-bond acceptors (Lipinski definition) is 1. The zero-order valence-corrected chi connectivity index (χ0v) is 7.93. The van der Waals surface area contributed by atoms with Crippen LogP contribution in [0.3, 0.4) is 0 Å². The zero-order chi connectivity index (χ0) is 9.64. The summed E-state index contributed by atoms with van der Waals surface area (Å²) in [4.78, 5) is 11.0. The zero-order valence-electron chi connectivity index (χ0n) is 7.17. The number of fused-ring (bicyclic) bond motifs is 1. The van der Waals surface area contributed by atoms with Crippen LogP contribution < -0.4 is 0 Å². The third-order valence-electron chi connectivity index (χ3n) is 2.67. The van der Waals surface area contributed by atoms with Crippen molar-refractivity contribution in [3.05, 3.63) is 34.3 Å². The summed E-state index contributed by atoms with van der Waals surface area (Å²) in [7, 11) is 0. The smallest absolute Gasteiger partial charge is 0.314 e. The van der Waals surface area contributed by atoms with Gasteiger partial charge < -0.3 is 5.11 Å². The van der Waals surface area contributed by atoms with E-state index in [-0.39, 0.29) is 0 Å². The molecule has 1 atom stereocenters. The molecule has 1 unspecified atom stereocenters. The lowest BCUT2D eigenvalue weighted by atomic mass is 9.65. The summed E-state index contributed by atoms with van der Waals surface area (Å²) in [5, 5.41) is 9.57. The number of hydrogen-bond donors (Lipinski definition) is 1. The van der Waals surface area contributed by atoms with Crippen LogP contribution in [-0.4, -0.2) is 11.1 Å². The molecule has 2 nitrogen and oxygen atoms in total. The van der Waals surface area contributed by atoms with Crippen molar-refractivity contribution in [1.29, 1.82) is 0 Å². The van der Waals surface area contributed by atoms with Gasteiger partial charge in [0.2, 0.25) is 0 Å². The van der Waals surface area contributed by atoms with E-state index in [9.17, 15) is 4.79 Å². The fourth-order valence-electron chi connectivity index (χ4n) is 1.88. The molecular weight excluding hydrogens is 188 g/mol. The second-order valence-corrected chi connectivity index (χ2v) is 4.00. The minimum absolute atomic E-state index is 0.564. The Bertz CT molecular complexity index is 372. The molecule has 2 rings (SSSR count). The summed E-state index contributed by atoms with van der Waals surface area (Å²) >= 11 is 5.93. The quantitative estimate of drug-likeness (QED) is 0.748. The van der Waals surface area contributed by atoms with E-state index in [1.54, 1.807) is 13.0 Å². The van der Waals surface area contributed by atoms with E-state index in [1.165, 1.54) is 0 Å². The van der Waals surface area contributed by atoms with Gasteiger partial charge in [-0.15, -0.1) is 0 Å². The number of carboxylic acids is 1. The Morgan fingerprint density at radius 1 is 1.62 bits per heavy atom. The van der Waals surface area contributed by atoms with E-state index in [0.29, 0.717) is 11.4 Å². The number of halogens is 1. The highest BCUT2D eigenvalue weighted by Gasteiger charge is 2.46. The molecule has 0 amide bonds. The van der Waals surface area contributed by atoms with Crippen LogP contribution >= 0.6 is 11.6 Å². The lowest BCUT2D eigenvalue weighted by Crippen LogP contribution is -2.43. The lowest BCUT2D eigenvalue weighted by Gasteiger charge is -2.37. The van der Waals surface area contributed by atoms with E-state index in [0.717, 1.165) is 11.1 Å². The minimum atomic E-state index is -0.798. The van der Waals surface area contributed by atoms with Crippen LogP contribution in [0.15, 0.2) is 18.2 Å². The normalized spacial score (nSPS) is 24.8. The van der Waals surface area contributed by atoms with E-state index in [1.807, 2.05) is 12.1 Å². The molecule has 0 aromatic heterocycles. The molecule has 68 valence electrons. The molecule has 0 saturated carbocycles. The van der Waals surface area contributed by atoms with E-state index in [2.05, 4.69) is 0 Å². The third kappa shape index (κ3) is 0.985. The Hall–Kier alpha value is -1.02. The standard InChI is InChI=1S/C10H9ClO2/c1-10(9(12)13)5-6-3-2-4-7(11)8(6)10/h2-4H,5H2,1H3,(H,12,13). The highest BCUT2D eigenvalue weighted by atomic mass is 35.5. The molecule has 1 aliphatic carbocycles. The van der Waals surface area contributed by atoms with Gasteiger partial charge in [-0.05, 0) is 30.5 Å². The Labute approximate surface area is 81.1 Å². The van der Waals surface area contributed by atoms with Gasteiger partial charge in [-0.3, -0.25) is 4.79 Å². The minimum Gasteiger partial charge on any atom is -0.481 e. The van der Waals surface area contributed by atoms with Gasteiger partial charge in [0.15, 0.2) is 0 Å². The van der Waals surface area contributed by atoms with Crippen LogP contribution in [0.2, 0.25) is 5.02 Å². The average molecular weight is 197 g/mol. The van der Waals surface area contributed by atoms with Crippen molar-refractivity contribution in [3.63, 3.8) is 0 Å². The molecule has 1 aliphatic rings. The number of rotatable bonds is 1. The van der Waals surface area contributed by atoms with Crippen LogP contribution in [0, 0.1) is 0 Å². The molecule has 0 fully saturated rings. The van der Waals surface area contributed by atoms with E-state index in [4.69, 9.17) is 16.7 Å². The van der Waals surface area contributed by atoms with Gasteiger partial charge in [-0.2, -0.15) is 0 Å². The summed E-state index contributed by atoms with van der Waals surface area (Å²) < 4.78 is 0. The Morgan fingerprint density at radius 2 is 2.31 bits per heavy atom. The molecule has 3 heteroatoms. The van der Waals surface area contributed by atoms with Crippen LogP contribution in [0.1, 0.15) is 18.1 Å². The number of carbonyl (C=O) groups is 1. The van der Waals surface area contributed by atoms with Crippen molar-refractivity contribution in [3.8, 4) is 0 Å². The Kier molecular flexibility index (Phi) is 1.64. The highest BCUT2D eigenvalue weighted by Crippen LogP contribution is 2.44. The van der Waals surface area contributed by atoms with Crippen molar-refractivity contribution in [2.24, 2.45) is 0 Å². The van der Waals surface area contributed by atoms with Gasteiger partial charge in [-0.1, -0.05) is 23.7 Å². The summed E-state index contributed by atoms with van der Waals surface area (Å²) in [6, 6.07) is 5.51. The Balaban J connectivity index is 2.57. The summed E-state index contributed by atoms with van der Waals surface area (Å²) in [6.45, 7) is 1.71. The van der Waals surface area contributed by atoms with Crippen molar-refractivity contribution < 1.29 is 9.90 Å². The molecule has 0 bridgehead atoms. The number of aliphatic carboxylic acids is 1. The molecule has 0 radical (unpaired) electrons. The second kappa shape index (κ2) is 2.48. The topological polar surface area (TPSA) is 37.3 Å². The largest absolute Gasteiger partial charge is 0.481 e. The Morgan fingerprint density at radius 3 is 2.85 bits per heavy atom. The molecule has 1 aromatic carbocycles. The van der Waals surface area contributed by atoms with Crippen molar-refractivity contribution in [2.75, 3.05) is 0 Å². The molecular formula is C10H9ClO2. The SMILES string of the molecule is CC1(C(=O)O)Cc2cccc(Cl)c21. The summed E-state index contributed by atoms with van der Waals surface area (Å²) in [5.74, 6) is -0.798. The number of carboxylic acid groups (broad SMARTS) is 1. The molecule has 1 aromatic rings. The first-order chi connectivity index (χ1) is 6.05. The first kappa shape index (κ1) is 8.57. The summed E-state index contributed by atoms with van der Waals surface area (Å²) in [5.41, 5.74) is 1.06. The van der Waals surface area contributed by atoms with Crippen molar-refractivity contribution >= 4 is 17.6 Å². The van der Waals surface area contributed by atoms with Crippen LogP contribution in [0.4, 0.5) is 0 Å². The highest BCUT2D eigenvalue weighted by molar-refractivity contribution is 6.32. The van der Waals surface area contributed by atoms with Gasteiger partial charge in [0, 0.05) is 5.02 Å². The lowest BCUT2D eigenvalue weighted by molar-refractivity contribution is -0.144. The molecule has 0 aliphatic heterocycles. The fourth-order valence-corrected chi connectivity index (χ4v) is 2.28. The second-order valence-electron chi connectivity index (χ2n) is 3.59. The fraction of sp³-hybridized carbons (Fsp3) is 0.300. The predicted octanol–water partition coefficient (Wildman–Crippen LogP) is 2.24. The molecule has 1 N–H and O–H groups in total. The van der Waals surface area contributed by atoms with Crippen LogP contribution in [0.25, 0.3) is 0 Å². The van der Waals surface area contributed by atoms with Crippen LogP contribution in [-0.2, 0) is 16.6 Å². The third-order valence-corrected chi connectivity index (χ3v) is 2.98. The monoisotopic (exact) mass is 196 g/mol. The van der Waals surface area contributed by atoms with Gasteiger partial charge >= 0.3 is 5.97 Å². The van der Waals surface area contributed by atoms with E-state index >= 15 is 0 Å². The number of benzene rings is 1. The maximum absolute atomic E-state index is 11.0. The van der Waals surface area contributed by atoms with Gasteiger partial charge in [-0.25, -0.2) is 0 Å². The van der Waals surface area contributed by atoms with Gasteiger partial charge in [0.25, 0.3) is 0 Å². The van der Waals surface area contributed by atoms with Crippen molar-refractivity contribution in [2.45, 2.75) is 18.8 Å². The average Bonchev–Trinajstić information content (AvgIpc) is 2.00.